The van der Waals surface area contributed by atoms with Gasteiger partial charge in [-0.3, -0.25) is 0 Å². The van der Waals surface area contributed by atoms with Crippen molar-refractivity contribution in [1.82, 2.24) is 9.55 Å². The number of nitrogens with two attached hydrogens (primary N) is 1. The van der Waals surface area contributed by atoms with Crippen LogP contribution in [0.5, 0.6) is 0 Å². The molecule has 1 aliphatic carbocycles. The Hall–Kier alpha value is -1.29. The van der Waals surface area contributed by atoms with E-state index in [4.69, 9.17) is 5.73 Å². The molecule has 4 heteroatoms. The standard InChI is InChI=1S/C13H14BrN3/c1-8-16-12(10-4-2-3-5-11(10)14)13(15)17(8)9-6-7-9/h2-5,9H,6-7,15H2,1H3. The number of hydrogen-bond donors (Lipinski definition) is 1. The fourth-order valence-corrected chi connectivity index (χ4v) is 2.68. The van der Waals surface area contributed by atoms with E-state index in [9.17, 15) is 0 Å². The van der Waals surface area contributed by atoms with Crippen molar-refractivity contribution < 1.29 is 0 Å². The summed E-state index contributed by atoms with van der Waals surface area (Å²) in [5, 5.41) is 0. The predicted molar refractivity (Wildman–Crippen MR) is 72.8 cm³/mol. The molecule has 0 saturated heterocycles. The fraction of sp³-hybridized carbons (Fsp3) is 0.308. The van der Waals surface area contributed by atoms with E-state index in [1.807, 2.05) is 31.2 Å². The molecular formula is C13H14BrN3. The molecule has 2 N–H and O–H groups in total. The van der Waals surface area contributed by atoms with Crippen molar-refractivity contribution in [2.24, 2.45) is 0 Å². The Bertz CT molecular complexity index is 570. The first-order valence-electron chi connectivity index (χ1n) is 5.77. The lowest BCUT2D eigenvalue weighted by atomic mass is 10.1. The Morgan fingerprint density at radius 1 is 1.35 bits per heavy atom. The zero-order valence-corrected chi connectivity index (χ0v) is 11.2. The van der Waals surface area contributed by atoms with Crippen LogP contribution in [0.4, 0.5) is 5.82 Å². The molecule has 0 radical (unpaired) electrons. The molecular weight excluding hydrogens is 278 g/mol. The van der Waals surface area contributed by atoms with E-state index in [-0.39, 0.29) is 0 Å². The molecule has 1 aliphatic rings. The summed E-state index contributed by atoms with van der Waals surface area (Å²) in [6.45, 7) is 2.02. The number of aromatic nitrogens is 2. The van der Waals surface area contributed by atoms with Crippen molar-refractivity contribution in [3.05, 3.63) is 34.6 Å². The van der Waals surface area contributed by atoms with E-state index in [0.717, 1.165) is 27.4 Å². The van der Waals surface area contributed by atoms with Crippen LogP contribution in [0.2, 0.25) is 0 Å². The largest absolute Gasteiger partial charge is 0.383 e. The van der Waals surface area contributed by atoms with Crippen LogP contribution in [0.25, 0.3) is 11.3 Å². The summed E-state index contributed by atoms with van der Waals surface area (Å²) in [6.07, 6.45) is 2.44. The summed E-state index contributed by atoms with van der Waals surface area (Å²) in [4.78, 5) is 4.61. The van der Waals surface area contributed by atoms with Crippen LogP contribution in [-0.4, -0.2) is 9.55 Å². The number of benzene rings is 1. The Labute approximate surface area is 109 Å². The number of nitrogens with zero attached hydrogens (tertiary/aromatic N) is 2. The van der Waals surface area contributed by atoms with E-state index in [0.29, 0.717) is 6.04 Å². The van der Waals surface area contributed by atoms with Gasteiger partial charge in [0.15, 0.2) is 0 Å². The number of aryl methyl sites for hydroxylation is 1. The first kappa shape index (κ1) is 10.8. The average Bonchev–Trinajstić information content (AvgIpc) is 3.07. The van der Waals surface area contributed by atoms with Crippen LogP contribution in [0, 0.1) is 6.92 Å². The lowest BCUT2D eigenvalue weighted by Gasteiger charge is -2.06. The van der Waals surface area contributed by atoms with Gasteiger partial charge in [0.1, 0.15) is 17.3 Å². The molecule has 3 nitrogen and oxygen atoms in total. The van der Waals surface area contributed by atoms with Crippen molar-refractivity contribution in [2.45, 2.75) is 25.8 Å². The van der Waals surface area contributed by atoms with Gasteiger partial charge in [0.05, 0.1) is 0 Å². The summed E-state index contributed by atoms with van der Waals surface area (Å²) in [7, 11) is 0. The van der Waals surface area contributed by atoms with E-state index in [1.165, 1.54) is 12.8 Å². The molecule has 17 heavy (non-hydrogen) atoms. The van der Waals surface area contributed by atoms with Crippen molar-refractivity contribution in [3.8, 4) is 11.3 Å². The third-order valence-electron chi connectivity index (χ3n) is 3.17. The van der Waals surface area contributed by atoms with Crippen LogP contribution in [-0.2, 0) is 0 Å². The molecule has 0 spiro atoms. The molecule has 1 heterocycles. The van der Waals surface area contributed by atoms with Gasteiger partial charge in [-0.05, 0) is 25.8 Å². The topological polar surface area (TPSA) is 43.8 Å². The molecule has 3 rings (SSSR count). The predicted octanol–water partition coefficient (Wildman–Crippen LogP) is 3.54. The van der Waals surface area contributed by atoms with E-state index < -0.39 is 0 Å². The van der Waals surface area contributed by atoms with E-state index in [2.05, 4.69) is 25.5 Å². The van der Waals surface area contributed by atoms with Gasteiger partial charge >= 0.3 is 0 Å². The molecule has 0 amide bonds. The zero-order chi connectivity index (χ0) is 12.0. The van der Waals surface area contributed by atoms with Crippen LogP contribution in [0.1, 0.15) is 24.7 Å². The second-order valence-corrected chi connectivity index (χ2v) is 5.33. The summed E-state index contributed by atoms with van der Waals surface area (Å²) >= 11 is 3.55. The maximum atomic E-state index is 6.23. The maximum Gasteiger partial charge on any atom is 0.132 e. The van der Waals surface area contributed by atoms with Gasteiger partial charge in [0, 0.05) is 16.1 Å². The highest BCUT2D eigenvalue weighted by atomic mass is 79.9. The van der Waals surface area contributed by atoms with Crippen LogP contribution in [0.15, 0.2) is 28.7 Å². The molecule has 88 valence electrons. The minimum atomic E-state index is 0.568. The Kier molecular flexibility index (Phi) is 2.47. The summed E-state index contributed by atoms with van der Waals surface area (Å²) < 4.78 is 3.20. The van der Waals surface area contributed by atoms with Gasteiger partial charge in [0.2, 0.25) is 0 Å². The molecule has 0 atom stereocenters. The summed E-state index contributed by atoms with van der Waals surface area (Å²) in [5.74, 6) is 1.80. The summed E-state index contributed by atoms with van der Waals surface area (Å²) in [5.41, 5.74) is 8.18. The quantitative estimate of drug-likeness (QED) is 0.920. The van der Waals surface area contributed by atoms with Gasteiger partial charge in [0.25, 0.3) is 0 Å². The minimum absolute atomic E-state index is 0.568. The fourth-order valence-electron chi connectivity index (χ4n) is 2.21. The van der Waals surface area contributed by atoms with Crippen molar-refractivity contribution in [2.75, 3.05) is 5.73 Å². The molecule has 1 aromatic heterocycles. The number of halogens is 1. The van der Waals surface area contributed by atoms with Crippen molar-refractivity contribution in [1.29, 1.82) is 0 Å². The molecule has 1 saturated carbocycles. The first-order chi connectivity index (χ1) is 8.18. The van der Waals surface area contributed by atoms with Crippen LogP contribution in [0.3, 0.4) is 0 Å². The minimum Gasteiger partial charge on any atom is -0.383 e. The van der Waals surface area contributed by atoms with E-state index >= 15 is 0 Å². The second kappa shape index (κ2) is 3.88. The normalized spacial score (nSPS) is 15.2. The van der Waals surface area contributed by atoms with Crippen molar-refractivity contribution in [3.63, 3.8) is 0 Å². The van der Waals surface area contributed by atoms with Gasteiger partial charge in [-0.1, -0.05) is 34.1 Å². The van der Waals surface area contributed by atoms with Crippen LogP contribution >= 0.6 is 15.9 Å². The number of anilines is 1. The van der Waals surface area contributed by atoms with Crippen molar-refractivity contribution >= 4 is 21.7 Å². The lowest BCUT2D eigenvalue weighted by molar-refractivity contribution is 0.720. The number of rotatable bonds is 2. The first-order valence-corrected chi connectivity index (χ1v) is 6.57. The highest BCUT2D eigenvalue weighted by molar-refractivity contribution is 9.10. The third kappa shape index (κ3) is 1.76. The monoisotopic (exact) mass is 291 g/mol. The molecule has 0 aliphatic heterocycles. The Morgan fingerprint density at radius 3 is 2.71 bits per heavy atom. The molecule has 1 aromatic carbocycles. The number of hydrogen-bond acceptors (Lipinski definition) is 2. The lowest BCUT2D eigenvalue weighted by Crippen LogP contribution is -2.02. The van der Waals surface area contributed by atoms with Gasteiger partial charge < -0.3 is 10.3 Å². The zero-order valence-electron chi connectivity index (χ0n) is 9.65. The molecule has 2 aromatic rings. The van der Waals surface area contributed by atoms with E-state index in [1.54, 1.807) is 0 Å². The van der Waals surface area contributed by atoms with Gasteiger partial charge in [-0.2, -0.15) is 0 Å². The van der Waals surface area contributed by atoms with Crippen LogP contribution < -0.4 is 5.73 Å². The smallest absolute Gasteiger partial charge is 0.132 e. The average molecular weight is 292 g/mol. The maximum absolute atomic E-state index is 6.23. The Balaban J connectivity index is 2.16. The molecule has 0 unspecified atom stereocenters. The number of nitrogen functional groups attached to an aromatic ring is 1. The third-order valence-corrected chi connectivity index (χ3v) is 3.86. The highest BCUT2D eigenvalue weighted by Gasteiger charge is 2.28. The highest BCUT2D eigenvalue weighted by Crippen LogP contribution is 2.41. The number of imidazole rings is 1. The molecule has 1 fully saturated rings. The molecule has 0 bridgehead atoms. The van der Waals surface area contributed by atoms with Gasteiger partial charge in [-0.25, -0.2) is 4.98 Å². The second-order valence-electron chi connectivity index (χ2n) is 4.47. The SMILES string of the molecule is Cc1nc(-c2ccccc2Br)c(N)n1C1CC1. The summed E-state index contributed by atoms with van der Waals surface area (Å²) in [6, 6.07) is 8.62. The van der Waals surface area contributed by atoms with Gasteiger partial charge in [-0.15, -0.1) is 0 Å². The Morgan fingerprint density at radius 2 is 2.06 bits per heavy atom.